The quantitative estimate of drug-likeness (QED) is 0.627. The van der Waals surface area contributed by atoms with E-state index >= 15 is 0 Å². The number of amides is 1. The third-order valence-corrected chi connectivity index (χ3v) is 4.94. The maximum Gasteiger partial charge on any atom is 0.239 e. The van der Waals surface area contributed by atoms with Crippen molar-refractivity contribution >= 4 is 23.3 Å². The Morgan fingerprint density at radius 2 is 2.07 bits per heavy atom. The van der Waals surface area contributed by atoms with Gasteiger partial charge in [0.05, 0.1) is 19.3 Å². The Labute approximate surface area is 180 Å². The number of ether oxygens (including phenoxy) is 2. The molecule has 1 N–H and O–H groups in total. The van der Waals surface area contributed by atoms with Crippen molar-refractivity contribution in [2.24, 2.45) is 0 Å². The van der Waals surface area contributed by atoms with Crippen LogP contribution in [0.2, 0.25) is 5.02 Å². The first-order chi connectivity index (χ1) is 14.6. The van der Waals surface area contributed by atoms with E-state index in [0.29, 0.717) is 30.5 Å². The van der Waals surface area contributed by atoms with Gasteiger partial charge in [0, 0.05) is 17.6 Å². The van der Waals surface area contributed by atoms with Gasteiger partial charge in [0.15, 0.2) is 11.5 Å². The standard InChI is InChI=1S/C22H23ClN4O3/c1-26(13-18-15-29-19-7-2-3-8-20(19)30-18)14-22(28)25-21-9-10-24-27(21)12-16-5-4-6-17(23)11-16/h2-11,18H,12-15H2,1H3,(H,25,28)/t18-/m1/s1. The van der Waals surface area contributed by atoms with Crippen LogP contribution in [0, 0.1) is 0 Å². The number of nitrogens with zero attached hydrogens (tertiary/aromatic N) is 3. The fourth-order valence-corrected chi connectivity index (χ4v) is 3.58. The molecule has 3 aromatic rings. The number of carbonyl (C=O) groups is 1. The van der Waals surface area contributed by atoms with Gasteiger partial charge in [0.1, 0.15) is 18.5 Å². The van der Waals surface area contributed by atoms with Crippen molar-refractivity contribution < 1.29 is 14.3 Å². The summed E-state index contributed by atoms with van der Waals surface area (Å²) in [4.78, 5) is 14.4. The van der Waals surface area contributed by atoms with Gasteiger partial charge in [0.25, 0.3) is 0 Å². The summed E-state index contributed by atoms with van der Waals surface area (Å²) in [5.41, 5.74) is 1.01. The number of hydrogen-bond donors (Lipinski definition) is 1. The molecule has 8 heteroatoms. The Morgan fingerprint density at radius 1 is 1.23 bits per heavy atom. The van der Waals surface area contributed by atoms with Gasteiger partial charge < -0.3 is 14.8 Å². The number of para-hydroxylation sites is 2. The number of anilines is 1. The predicted molar refractivity (Wildman–Crippen MR) is 115 cm³/mol. The second-order valence-electron chi connectivity index (χ2n) is 7.25. The van der Waals surface area contributed by atoms with Gasteiger partial charge in [-0.15, -0.1) is 0 Å². The average molecular weight is 427 g/mol. The molecule has 4 rings (SSSR count). The summed E-state index contributed by atoms with van der Waals surface area (Å²) in [6, 6.07) is 16.9. The topological polar surface area (TPSA) is 68.6 Å². The van der Waals surface area contributed by atoms with Gasteiger partial charge in [-0.1, -0.05) is 35.9 Å². The number of benzene rings is 2. The highest BCUT2D eigenvalue weighted by Crippen LogP contribution is 2.30. The van der Waals surface area contributed by atoms with Crippen molar-refractivity contribution in [3.8, 4) is 11.5 Å². The number of likely N-dealkylation sites (N-methyl/N-ethyl adjacent to an activating group) is 1. The largest absolute Gasteiger partial charge is 0.486 e. The number of rotatable bonds is 7. The van der Waals surface area contributed by atoms with Crippen LogP contribution in [-0.4, -0.2) is 53.4 Å². The van der Waals surface area contributed by atoms with Gasteiger partial charge >= 0.3 is 0 Å². The lowest BCUT2D eigenvalue weighted by Gasteiger charge is -2.29. The van der Waals surface area contributed by atoms with Crippen molar-refractivity contribution in [2.45, 2.75) is 12.6 Å². The van der Waals surface area contributed by atoms with Crippen LogP contribution in [0.1, 0.15) is 5.56 Å². The number of hydrogen-bond acceptors (Lipinski definition) is 5. The summed E-state index contributed by atoms with van der Waals surface area (Å²) in [7, 11) is 1.88. The van der Waals surface area contributed by atoms with E-state index in [1.54, 1.807) is 16.9 Å². The Kier molecular flexibility index (Phi) is 6.21. The average Bonchev–Trinajstić information content (AvgIpc) is 3.14. The van der Waals surface area contributed by atoms with E-state index in [-0.39, 0.29) is 18.6 Å². The zero-order valence-corrected chi connectivity index (χ0v) is 17.4. The molecule has 0 bridgehead atoms. The molecule has 156 valence electrons. The molecule has 30 heavy (non-hydrogen) atoms. The van der Waals surface area contributed by atoms with E-state index in [0.717, 1.165) is 17.1 Å². The van der Waals surface area contributed by atoms with E-state index in [1.165, 1.54) is 0 Å². The Balaban J connectivity index is 1.29. The molecule has 0 saturated heterocycles. The smallest absolute Gasteiger partial charge is 0.239 e. The lowest BCUT2D eigenvalue weighted by atomic mass is 10.2. The van der Waals surface area contributed by atoms with Crippen molar-refractivity contribution in [3.05, 3.63) is 71.4 Å². The van der Waals surface area contributed by atoms with Crippen LogP contribution in [-0.2, 0) is 11.3 Å². The number of halogens is 1. The fourth-order valence-electron chi connectivity index (χ4n) is 3.37. The minimum absolute atomic E-state index is 0.123. The van der Waals surface area contributed by atoms with Crippen LogP contribution in [0.25, 0.3) is 0 Å². The summed E-state index contributed by atoms with van der Waals surface area (Å²) in [6.45, 7) is 1.77. The zero-order chi connectivity index (χ0) is 20.9. The number of carbonyl (C=O) groups excluding carboxylic acids is 1. The Bertz CT molecular complexity index is 1020. The summed E-state index contributed by atoms with van der Waals surface area (Å²) < 4.78 is 13.4. The zero-order valence-electron chi connectivity index (χ0n) is 16.6. The van der Waals surface area contributed by atoms with Crippen LogP contribution in [0.15, 0.2) is 60.8 Å². The molecule has 2 aromatic carbocycles. The summed E-state index contributed by atoms with van der Waals surface area (Å²) in [6.07, 6.45) is 1.53. The van der Waals surface area contributed by atoms with Crippen LogP contribution >= 0.6 is 11.6 Å². The molecular formula is C22H23ClN4O3. The third kappa shape index (κ3) is 5.11. The predicted octanol–water partition coefficient (Wildman–Crippen LogP) is 3.30. The lowest BCUT2D eigenvalue weighted by molar-refractivity contribution is -0.117. The summed E-state index contributed by atoms with van der Waals surface area (Å²) in [5.74, 6) is 2.00. The van der Waals surface area contributed by atoms with E-state index in [4.69, 9.17) is 21.1 Å². The van der Waals surface area contributed by atoms with Crippen molar-refractivity contribution in [1.29, 1.82) is 0 Å². The maximum absolute atomic E-state index is 12.5. The first-order valence-electron chi connectivity index (χ1n) is 9.70. The van der Waals surface area contributed by atoms with Crippen LogP contribution in [0.5, 0.6) is 11.5 Å². The molecule has 1 aliphatic rings. The molecule has 1 atom stereocenters. The second-order valence-corrected chi connectivity index (χ2v) is 7.68. The molecule has 1 aliphatic heterocycles. The van der Waals surface area contributed by atoms with Gasteiger partial charge in [-0.25, -0.2) is 4.68 Å². The molecule has 1 amide bonds. The Hall–Kier alpha value is -3.03. The van der Waals surface area contributed by atoms with E-state index in [2.05, 4.69) is 10.4 Å². The lowest BCUT2D eigenvalue weighted by Crippen LogP contribution is -2.42. The van der Waals surface area contributed by atoms with E-state index in [9.17, 15) is 4.79 Å². The number of aromatic nitrogens is 2. The van der Waals surface area contributed by atoms with Crippen LogP contribution in [0.4, 0.5) is 5.82 Å². The SMILES string of the molecule is CN(CC(=O)Nc1ccnn1Cc1cccc(Cl)c1)C[C@@H]1COc2ccccc2O1. The molecule has 0 aliphatic carbocycles. The van der Waals surface area contributed by atoms with Crippen LogP contribution in [0.3, 0.4) is 0 Å². The minimum atomic E-state index is -0.133. The minimum Gasteiger partial charge on any atom is -0.486 e. The molecule has 0 unspecified atom stereocenters. The fraction of sp³-hybridized carbons (Fsp3) is 0.273. The molecule has 0 saturated carbocycles. The number of nitrogens with one attached hydrogen (secondary N) is 1. The van der Waals surface area contributed by atoms with E-state index < -0.39 is 0 Å². The highest BCUT2D eigenvalue weighted by atomic mass is 35.5. The Morgan fingerprint density at radius 3 is 2.90 bits per heavy atom. The highest BCUT2D eigenvalue weighted by molar-refractivity contribution is 6.30. The molecule has 7 nitrogen and oxygen atoms in total. The second kappa shape index (κ2) is 9.19. The molecule has 2 heterocycles. The first kappa shape index (κ1) is 20.3. The molecule has 1 aromatic heterocycles. The van der Waals surface area contributed by atoms with Gasteiger partial charge in [-0.05, 0) is 36.9 Å². The normalized spacial score (nSPS) is 15.2. The molecule has 0 radical (unpaired) electrons. The maximum atomic E-state index is 12.5. The molecule has 0 fully saturated rings. The van der Waals surface area contributed by atoms with Crippen molar-refractivity contribution in [1.82, 2.24) is 14.7 Å². The highest BCUT2D eigenvalue weighted by Gasteiger charge is 2.22. The van der Waals surface area contributed by atoms with Crippen molar-refractivity contribution in [2.75, 3.05) is 32.1 Å². The van der Waals surface area contributed by atoms with Gasteiger partial charge in [0.2, 0.25) is 5.91 Å². The van der Waals surface area contributed by atoms with Gasteiger partial charge in [-0.2, -0.15) is 5.10 Å². The van der Waals surface area contributed by atoms with E-state index in [1.807, 2.05) is 60.5 Å². The van der Waals surface area contributed by atoms with Crippen LogP contribution < -0.4 is 14.8 Å². The molecular weight excluding hydrogens is 404 g/mol. The summed E-state index contributed by atoms with van der Waals surface area (Å²) >= 11 is 6.05. The van der Waals surface area contributed by atoms with Gasteiger partial charge in [-0.3, -0.25) is 9.69 Å². The molecule has 0 spiro atoms. The number of fused-ring (bicyclic) bond motifs is 1. The first-order valence-corrected chi connectivity index (χ1v) is 10.1. The summed E-state index contributed by atoms with van der Waals surface area (Å²) in [5, 5.41) is 7.89. The van der Waals surface area contributed by atoms with Crippen molar-refractivity contribution in [3.63, 3.8) is 0 Å². The monoisotopic (exact) mass is 426 g/mol. The third-order valence-electron chi connectivity index (χ3n) is 4.70.